The molecule has 2 aliphatic heterocycles. The van der Waals surface area contributed by atoms with Crippen LogP contribution in [0.4, 0.5) is 20.3 Å². The first-order chi connectivity index (χ1) is 18.9. The second-order valence-corrected chi connectivity index (χ2v) is 11.7. The molecular weight excluding hydrogens is 494 g/mol. The summed E-state index contributed by atoms with van der Waals surface area (Å²) in [6, 6.07) is 9.91. The number of fused-ring (bicyclic) bond motifs is 2. The fourth-order valence-electron chi connectivity index (χ4n) is 7.66. The van der Waals surface area contributed by atoms with Crippen molar-refractivity contribution in [3.05, 3.63) is 72.2 Å². The first-order valence-corrected chi connectivity index (χ1v) is 14.2. The minimum Gasteiger partial charge on any atom is -0.370 e. The van der Waals surface area contributed by atoms with Gasteiger partial charge in [-0.1, -0.05) is 27.2 Å². The van der Waals surface area contributed by atoms with Crippen LogP contribution in [-0.4, -0.2) is 39.2 Å². The van der Waals surface area contributed by atoms with E-state index in [2.05, 4.69) is 47.8 Å². The molecule has 0 bridgehead atoms. The molecule has 7 rings (SSSR count). The minimum absolute atomic E-state index is 0.212. The number of rotatable bonds is 5. The Balaban J connectivity index is 1.21. The molecule has 202 valence electrons. The van der Waals surface area contributed by atoms with Gasteiger partial charge in [-0.3, -0.25) is 4.98 Å². The van der Waals surface area contributed by atoms with Crippen molar-refractivity contribution in [1.29, 1.82) is 0 Å². The lowest BCUT2D eigenvalue weighted by molar-refractivity contribution is 0.291. The molecule has 2 saturated heterocycles. The lowest BCUT2D eigenvalue weighted by Crippen LogP contribution is -2.39. The summed E-state index contributed by atoms with van der Waals surface area (Å²) >= 11 is 0. The predicted molar refractivity (Wildman–Crippen MR) is 149 cm³/mol. The lowest BCUT2D eigenvalue weighted by atomic mass is 9.85. The van der Waals surface area contributed by atoms with Crippen molar-refractivity contribution in [3.8, 4) is 11.3 Å². The number of anilines is 2. The molecule has 0 spiro atoms. The molecule has 1 aromatic carbocycles. The topological polar surface area (TPSA) is 49.6 Å². The third kappa shape index (κ3) is 3.67. The summed E-state index contributed by atoms with van der Waals surface area (Å²) in [6.45, 7) is 9.63. The zero-order chi connectivity index (χ0) is 26.9. The fourth-order valence-corrected chi connectivity index (χ4v) is 7.66. The van der Waals surface area contributed by atoms with Gasteiger partial charge in [-0.25, -0.2) is 18.3 Å². The highest BCUT2D eigenvalue weighted by Crippen LogP contribution is 2.68. The van der Waals surface area contributed by atoms with Gasteiger partial charge < -0.3 is 9.80 Å². The van der Waals surface area contributed by atoms with Crippen molar-refractivity contribution in [2.75, 3.05) is 29.4 Å². The van der Waals surface area contributed by atoms with E-state index in [1.54, 1.807) is 10.7 Å². The number of aromatic nitrogens is 4. The first kappa shape index (κ1) is 24.5. The summed E-state index contributed by atoms with van der Waals surface area (Å²) in [4.78, 5) is 14.5. The molecule has 1 unspecified atom stereocenters. The second-order valence-electron chi connectivity index (χ2n) is 11.7. The van der Waals surface area contributed by atoms with E-state index >= 15 is 4.39 Å². The van der Waals surface area contributed by atoms with E-state index in [1.807, 2.05) is 18.5 Å². The SMILES string of the molecule is CCC1CCN(c2ccc(-c3cnn4ccc(N5CC[C@H]6[C@H](C)[C@]65c5cc(F)ccc5F)nc34)nc2)C[C@H]1C. The summed E-state index contributed by atoms with van der Waals surface area (Å²) in [5, 5.41) is 4.52. The van der Waals surface area contributed by atoms with Crippen LogP contribution in [-0.2, 0) is 5.54 Å². The van der Waals surface area contributed by atoms with Crippen LogP contribution in [0.2, 0.25) is 0 Å². The zero-order valence-corrected chi connectivity index (χ0v) is 22.7. The van der Waals surface area contributed by atoms with Gasteiger partial charge in [-0.2, -0.15) is 5.10 Å². The van der Waals surface area contributed by atoms with Gasteiger partial charge in [0.15, 0.2) is 5.65 Å². The molecule has 1 aliphatic carbocycles. The smallest absolute Gasteiger partial charge is 0.166 e. The summed E-state index contributed by atoms with van der Waals surface area (Å²) in [5.74, 6) is 1.94. The molecule has 1 saturated carbocycles. The summed E-state index contributed by atoms with van der Waals surface area (Å²) in [6.07, 6.45) is 9.04. The summed E-state index contributed by atoms with van der Waals surface area (Å²) in [5.41, 5.74) is 3.39. The van der Waals surface area contributed by atoms with E-state index in [0.717, 1.165) is 54.7 Å². The van der Waals surface area contributed by atoms with Gasteiger partial charge in [-0.05, 0) is 72.9 Å². The van der Waals surface area contributed by atoms with Crippen LogP contribution in [0.15, 0.2) is 55.0 Å². The van der Waals surface area contributed by atoms with Gasteiger partial charge >= 0.3 is 0 Å². The third-order valence-electron chi connectivity index (χ3n) is 9.85. The quantitative estimate of drug-likeness (QED) is 0.304. The average molecular weight is 529 g/mol. The number of hydrogen-bond donors (Lipinski definition) is 0. The van der Waals surface area contributed by atoms with Gasteiger partial charge in [0.05, 0.1) is 34.9 Å². The maximum absolute atomic E-state index is 15.0. The number of piperidine rings is 2. The maximum atomic E-state index is 15.0. The Morgan fingerprint density at radius 3 is 2.64 bits per heavy atom. The highest BCUT2D eigenvalue weighted by atomic mass is 19.1. The molecule has 6 nitrogen and oxygen atoms in total. The van der Waals surface area contributed by atoms with Gasteiger partial charge in [0.2, 0.25) is 0 Å². The Bertz CT molecular complexity index is 1530. The highest BCUT2D eigenvalue weighted by molar-refractivity contribution is 5.76. The van der Waals surface area contributed by atoms with Crippen LogP contribution < -0.4 is 9.80 Å². The molecule has 8 heteroatoms. The standard InChI is InChI=1S/C31H34F2N6/c1-4-21-9-12-37(18-19(21)2)23-6-8-28(34-16-23)24-17-35-39-14-11-29(36-30(24)39)38-13-10-25-20(3)31(25,38)26-15-22(32)5-7-27(26)33/h5-8,11,14-17,19-21,25H,4,9-10,12-13,18H2,1-3H3/t19-,20+,21?,25+,31-/m1/s1. The summed E-state index contributed by atoms with van der Waals surface area (Å²) < 4.78 is 31.0. The normalized spacial score (nSPS) is 28.2. The van der Waals surface area contributed by atoms with Crippen LogP contribution in [0.5, 0.6) is 0 Å². The Labute approximate surface area is 227 Å². The van der Waals surface area contributed by atoms with Gasteiger partial charge in [0.1, 0.15) is 17.5 Å². The molecule has 3 fully saturated rings. The van der Waals surface area contributed by atoms with E-state index in [0.29, 0.717) is 17.1 Å². The van der Waals surface area contributed by atoms with Crippen molar-refractivity contribution in [1.82, 2.24) is 19.6 Å². The number of hydrogen-bond acceptors (Lipinski definition) is 5. The van der Waals surface area contributed by atoms with Crippen LogP contribution in [0.3, 0.4) is 0 Å². The van der Waals surface area contributed by atoms with Crippen molar-refractivity contribution >= 4 is 17.2 Å². The van der Waals surface area contributed by atoms with E-state index in [1.165, 1.54) is 31.0 Å². The minimum atomic E-state index is -0.569. The molecule has 39 heavy (non-hydrogen) atoms. The number of pyridine rings is 1. The van der Waals surface area contributed by atoms with Gasteiger partial charge in [0, 0.05) is 31.4 Å². The molecule has 3 aliphatic rings. The Morgan fingerprint density at radius 1 is 1.03 bits per heavy atom. The van der Waals surface area contributed by atoms with Crippen molar-refractivity contribution in [2.24, 2.45) is 23.7 Å². The molecule has 0 radical (unpaired) electrons. The van der Waals surface area contributed by atoms with E-state index in [9.17, 15) is 4.39 Å². The molecule has 5 heterocycles. The van der Waals surface area contributed by atoms with E-state index < -0.39 is 11.4 Å². The lowest BCUT2D eigenvalue weighted by Gasteiger charge is -2.37. The molecule has 3 aromatic heterocycles. The molecule has 0 N–H and O–H groups in total. The van der Waals surface area contributed by atoms with Crippen molar-refractivity contribution in [2.45, 2.75) is 45.6 Å². The zero-order valence-electron chi connectivity index (χ0n) is 22.7. The monoisotopic (exact) mass is 528 g/mol. The van der Waals surface area contributed by atoms with Crippen LogP contribution in [0.1, 0.15) is 45.6 Å². The predicted octanol–water partition coefficient (Wildman–Crippen LogP) is 6.31. The Kier molecular flexibility index (Phi) is 5.65. The molecule has 4 aromatic rings. The van der Waals surface area contributed by atoms with E-state index in [4.69, 9.17) is 9.97 Å². The first-order valence-electron chi connectivity index (χ1n) is 14.2. The largest absolute Gasteiger partial charge is 0.370 e. The molecular formula is C31H34F2N6. The second kappa shape index (κ2) is 9.00. The van der Waals surface area contributed by atoms with Gasteiger partial charge in [-0.15, -0.1) is 0 Å². The molecule has 0 amide bonds. The third-order valence-corrected chi connectivity index (χ3v) is 9.85. The summed E-state index contributed by atoms with van der Waals surface area (Å²) in [7, 11) is 0. The van der Waals surface area contributed by atoms with Crippen LogP contribution >= 0.6 is 0 Å². The Morgan fingerprint density at radius 2 is 1.90 bits per heavy atom. The fraction of sp³-hybridized carbons (Fsp3) is 0.452. The number of benzene rings is 1. The Hall–Kier alpha value is -3.55. The van der Waals surface area contributed by atoms with Crippen LogP contribution in [0, 0.1) is 35.3 Å². The number of nitrogens with zero attached hydrogens (tertiary/aromatic N) is 6. The number of halogens is 2. The van der Waals surface area contributed by atoms with Crippen molar-refractivity contribution < 1.29 is 8.78 Å². The van der Waals surface area contributed by atoms with E-state index in [-0.39, 0.29) is 17.7 Å². The average Bonchev–Trinajstić information content (AvgIpc) is 3.27. The van der Waals surface area contributed by atoms with Crippen LogP contribution in [0.25, 0.3) is 16.9 Å². The molecule has 5 atom stereocenters. The van der Waals surface area contributed by atoms with Gasteiger partial charge in [0.25, 0.3) is 0 Å². The van der Waals surface area contributed by atoms with Crippen molar-refractivity contribution in [3.63, 3.8) is 0 Å². The maximum Gasteiger partial charge on any atom is 0.166 e. The highest BCUT2D eigenvalue weighted by Gasteiger charge is 2.70.